The minimum absolute atomic E-state index is 0.332. The van der Waals surface area contributed by atoms with E-state index in [1.807, 2.05) is 24.1 Å². The van der Waals surface area contributed by atoms with Gasteiger partial charge in [-0.25, -0.2) is 4.98 Å². The lowest BCUT2D eigenvalue weighted by Crippen LogP contribution is -2.22. The topological polar surface area (TPSA) is 47.7 Å². The van der Waals surface area contributed by atoms with Crippen LogP contribution in [0.1, 0.15) is 29.4 Å². The quantitative estimate of drug-likeness (QED) is 0.814. The highest BCUT2D eigenvalue weighted by molar-refractivity contribution is 5.38. The first-order chi connectivity index (χ1) is 8.16. The summed E-state index contributed by atoms with van der Waals surface area (Å²) in [4.78, 5) is 4.32. The molecule has 0 fully saturated rings. The summed E-state index contributed by atoms with van der Waals surface area (Å²) in [7, 11) is 2.00. The molecule has 1 atom stereocenters. The predicted octanol–water partition coefficient (Wildman–Crippen LogP) is 1.79. The fourth-order valence-corrected chi connectivity index (χ4v) is 2.64. The Morgan fingerprint density at radius 3 is 2.94 bits per heavy atom. The zero-order valence-electron chi connectivity index (χ0n) is 10.4. The summed E-state index contributed by atoms with van der Waals surface area (Å²) >= 11 is 0. The Labute approximate surface area is 100 Å². The van der Waals surface area contributed by atoms with Gasteiger partial charge in [-0.3, -0.25) is 4.68 Å². The van der Waals surface area contributed by atoms with Crippen LogP contribution in [0, 0.1) is 13.8 Å². The van der Waals surface area contributed by atoms with Crippen LogP contribution in [0.3, 0.4) is 0 Å². The summed E-state index contributed by atoms with van der Waals surface area (Å²) in [5.41, 5.74) is 3.67. The Morgan fingerprint density at radius 2 is 2.24 bits per heavy atom. The number of fused-ring (bicyclic) bond motifs is 1. The summed E-state index contributed by atoms with van der Waals surface area (Å²) in [6, 6.07) is 0.332. The van der Waals surface area contributed by atoms with Gasteiger partial charge in [-0.1, -0.05) is 0 Å². The van der Waals surface area contributed by atoms with Crippen molar-refractivity contribution in [3.63, 3.8) is 0 Å². The molecule has 1 aliphatic rings. The molecular weight excluding hydrogens is 214 g/mol. The number of rotatable bonds is 1. The molecule has 1 unspecified atom stereocenters. The molecule has 0 spiro atoms. The molecule has 3 heterocycles. The molecule has 5 nitrogen and oxygen atoms in total. The maximum Gasteiger partial charge on any atom is 0.203 e. The highest BCUT2D eigenvalue weighted by Crippen LogP contribution is 2.30. The molecule has 0 aliphatic carbocycles. The SMILES string of the molecule is Cc1nn(C)c(C)c1C1CCn2ccnc2N1. The summed E-state index contributed by atoms with van der Waals surface area (Å²) in [6.45, 7) is 5.21. The number of nitrogens with zero attached hydrogens (tertiary/aromatic N) is 4. The molecule has 0 saturated heterocycles. The normalized spacial score (nSPS) is 18.9. The van der Waals surface area contributed by atoms with Crippen LogP contribution >= 0.6 is 0 Å². The van der Waals surface area contributed by atoms with E-state index < -0.39 is 0 Å². The third-order valence-electron chi connectivity index (χ3n) is 3.59. The number of imidazole rings is 1. The van der Waals surface area contributed by atoms with Gasteiger partial charge in [-0.2, -0.15) is 5.10 Å². The minimum atomic E-state index is 0.332. The number of hydrogen-bond acceptors (Lipinski definition) is 3. The third kappa shape index (κ3) is 1.53. The van der Waals surface area contributed by atoms with Gasteiger partial charge < -0.3 is 9.88 Å². The lowest BCUT2D eigenvalue weighted by atomic mass is 10.0. The van der Waals surface area contributed by atoms with E-state index in [-0.39, 0.29) is 0 Å². The molecule has 1 aliphatic heterocycles. The average molecular weight is 231 g/mol. The van der Waals surface area contributed by atoms with Crippen molar-refractivity contribution in [2.24, 2.45) is 7.05 Å². The van der Waals surface area contributed by atoms with Crippen LogP contribution < -0.4 is 5.32 Å². The highest BCUT2D eigenvalue weighted by atomic mass is 15.3. The second-order valence-electron chi connectivity index (χ2n) is 4.64. The smallest absolute Gasteiger partial charge is 0.203 e. The van der Waals surface area contributed by atoms with Gasteiger partial charge in [0.1, 0.15) is 0 Å². The van der Waals surface area contributed by atoms with Crippen LogP contribution in [0.5, 0.6) is 0 Å². The molecule has 5 heteroatoms. The van der Waals surface area contributed by atoms with E-state index in [9.17, 15) is 0 Å². The third-order valence-corrected chi connectivity index (χ3v) is 3.59. The van der Waals surface area contributed by atoms with E-state index in [2.05, 4.69) is 33.8 Å². The van der Waals surface area contributed by atoms with Crippen LogP contribution in [0.25, 0.3) is 0 Å². The van der Waals surface area contributed by atoms with Gasteiger partial charge in [0.05, 0.1) is 11.7 Å². The molecule has 17 heavy (non-hydrogen) atoms. The van der Waals surface area contributed by atoms with Crippen LogP contribution in [-0.2, 0) is 13.6 Å². The molecule has 2 aromatic rings. The Morgan fingerprint density at radius 1 is 1.41 bits per heavy atom. The van der Waals surface area contributed by atoms with Crippen molar-refractivity contribution < 1.29 is 0 Å². The minimum Gasteiger partial charge on any atom is -0.349 e. The Hall–Kier alpha value is -1.78. The van der Waals surface area contributed by atoms with E-state index in [4.69, 9.17) is 0 Å². The van der Waals surface area contributed by atoms with Crippen molar-refractivity contribution in [3.05, 3.63) is 29.3 Å². The molecule has 0 radical (unpaired) electrons. The van der Waals surface area contributed by atoms with Gasteiger partial charge in [-0.15, -0.1) is 0 Å². The zero-order valence-corrected chi connectivity index (χ0v) is 10.4. The average Bonchev–Trinajstić information content (AvgIpc) is 2.84. The van der Waals surface area contributed by atoms with Gasteiger partial charge in [-0.05, 0) is 20.3 Å². The monoisotopic (exact) mass is 231 g/mol. The lowest BCUT2D eigenvalue weighted by Gasteiger charge is -2.26. The van der Waals surface area contributed by atoms with Gasteiger partial charge >= 0.3 is 0 Å². The first-order valence-corrected chi connectivity index (χ1v) is 5.94. The van der Waals surface area contributed by atoms with Crippen molar-refractivity contribution in [1.29, 1.82) is 0 Å². The van der Waals surface area contributed by atoms with E-state index in [1.165, 1.54) is 11.3 Å². The van der Waals surface area contributed by atoms with E-state index in [0.29, 0.717) is 6.04 Å². The maximum absolute atomic E-state index is 4.48. The maximum atomic E-state index is 4.48. The number of aryl methyl sites for hydroxylation is 3. The van der Waals surface area contributed by atoms with Gasteiger partial charge in [0, 0.05) is 37.2 Å². The zero-order chi connectivity index (χ0) is 12.0. The molecule has 0 bridgehead atoms. The Balaban J connectivity index is 1.97. The van der Waals surface area contributed by atoms with Gasteiger partial charge in [0.25, 0.3) is 0 Å². The van der Waals surface area contributed by atoms with Crippen LogP contribution in [0.4, 0.5) is 5.95 Å². The molecule has 3 rings (SSSR count). The van der Waals surface area contributed by atoms with Crippen molar-refractivity contribution in [1.82, 2.24) is 19.3 Å². The number of anilines is 1. The summed E-state index contributed by atoms with van der Waals surface area (Å²) in [6.07, 6.45) is 4.94. The number of hydrogen-bond donors (Lipinski definition) is 1. The molecule has 90 valence electrons. The van der Waals surface area contributed by atoms with Gasteiger partial charge in [0.15, 0.2) is 0 Å². The molecule has 0 amide bonds. The van der Waals surface area contributed by atoms with Crippen molar-refractivity contribution in [2.45, 2.75) is 32.9 Å². The van der Waals surface area contributed by atoms with Gasteiger partial charge in [0.2, 0.25) is 5.95 Å². The summed E-state index contributed by atoms with van der Waals surface area (Å²) in [5, 5.41) is 7.97. The largest absolute Gasteiger partial charge is 0.349 e. The van der Waals surface area contributed by atoms with Crippen molar-refractivity contribution >= 4 is 5.95 Å². The molecular formula is C12H17N5. The predicted molar refractivity (Wildman–Crippen MR) is 65.9 cm³/mol. The molecule has 0 saturated carbocycles. The molecule has 1 N–H and O–H groups in total. The fraction of sp³-hybridized carbons (Fsp3) is 0.500. The van der Waals surface area contributed by atoms with Crippen LogP contribution in [-0.4, -0.2) is 19.3 Å². The lowest BCUT2D eigenvalue weighted by molar-refractivity contribution is 0.539. The van der Waals surface area contributed by atoms with E-state index in [0.717, 1.165) is 24.6 Å². The standard InChI is InChI=1S/C12H17N5/c1-8-11(9(2)16(3)15-8)10-4-6-17-7-5-13-12(17)14-10/h5,7,10H,4,6H2,1-3H3,(H,13,14). The second kappa shape index (κ2) is 3.61. The Kier molecular flexibility index (Phi) is 2.21. The van der Waals surface area contributed by atoms with E-state index in [1.54, 1.807) is 0 Å². The van der Waals surface area contributed by atoms with Crippen molar-refractivity contribution in [3.8, 4) is 0 Å². The Bertz CT molecular complexity index is 551. The number of aromatic nitrogens is 4. The van der Waals surface area contributed by atoms with Crippen LogP contribution in [0.2, 0.25) is 0 Å². The van der Waals surface area contributed by atoms with Crippen molar-refractivity contribution in [2.75, 3.05) is 5.32 Å². The van der Waals surface area contributed by atoms with Crippen LogP contribution in [0.15, 0.2) is 12.4 Å². The number of nitrogens with one attached hydrogen (secondary N) is 1. The first kappa shape index (κ1) is 10.4. The molecule has 2 aromatic heterocycles. The molecule has 0 aromatic carbocycles. The summed E-state index contributed by atoms with van der Waals surface area (Å²) in [5.74, 6) is 0.962. The first-order valence-electron chi connectivity index (χ1n) is 5.94. The van der Waals surface area contributed by atoms with E-state index >= 15 is 0 Å². The second-order valence-corrected chi connectivity index (χ2v) is 4.64. The fourth-order valence-electron chi connectivity index (χ4n) is 2.64. The highest BCUT2D eigenvalue weighted by Gasteiger charge is 2.24. The summed E-state index contributed by atoms with van der Waals surface area (Å²) < 4.78 is 4.10.